The normalized spacial score (nSPS) is 10.1. The molecule has 0 fully saturated rings. The van der Waals surface area contributed by atoms with Crippen molar-refractivity contribution in [2.24, 2.45) is 0 Å². The summed E-state index contributed by atoms with van der Waals surface area (Å²) >= 11 is 3.41. The van der Waals surface area contributed by atoms with Gasteiger partial charge in [0.25, 0.3) is 0 Å². The lowest BCUT2D eigenvalue weighted by Gasteiger charge is -2.06. The van der Waals surface area contributed by atoms with Gasteiger partial charge in [-0.3, -0.25) is 4.79 Å². The monoisotopic (exact) mass is 333 g/mol. The fourth-order valence-corrected chi connectivity index (χ4v) is 2.29. The minimum Gasteiger partial charge on any atom is -0.497 e. The van der Waals surface area contributed by atoms with Crippen LogP contribution in [0.25, 0.3) is 0 Å². The van der Waals surface area contributed by atoms with Gasteiger partial charge in [0.05, 0.1) is 13.5 Å². The molecule has 0 heterocycles. The number of benzene rings is 2. The van der Waals surface area contributed by atoms with Crippen LogP contribution < -0.4 is 10.1 Å². The molecule has 0 bridgehead atoms. The van der Waals surface area contributed by atoms with E-state index in [0.29, 0.717) is 13.0 Å². The van der Waals surface area contributed by atoms with Gasteiger partial charge in [-0.1, -0.05) is 40.2 Å². The smallest absolute Gasteiger partial charge is 0.224 e. The topological polar surface area (TPSA) is 38.3 Å². The molecular formula is C16H16BrNO2. The standard InChI is InChI=1S/C16H16BrNO2/c1-20-15-7-5-12(6-8-15)10-16(19)18-11-13-3-2-4-14(17)9-13/h2-9H,10-11H2,1H3,(H,18,19). The molecule has 0 aliphatic carbocycles. The Bertz CT molecular complexity index is 581. The van der Waals surface area contributed by atoms with Crippen LogP contribution in [-0.4, -0.2) is 13.0 Å². The van der Waals surface area contributed by atoms with Crippen molar-refractivity contribution < 1.29 is 9.53 Å². The molecule has 0 saturated heterocycles. The molecule has 1 amide bonds. The number of methoxy groups -OCH3 is 1. The number of carbonyl (C=O) groups excluding carboxylic acids is 1. The first-order chi connectivity index (χ1) is 9.67. The van der Waals surface area contributed by atoms with Gasteiger partial charge in [0.1, 0.15) is 5.75 Å². The molecule has 3 nitrogen and oxygen atoms in total. The lowest BCUT2D eigenvalue weighted by Crippen LogP contribution is -2.24. The third-order valence-electron chi connectivity index (χ3n) is 2.90. The second kappa shape index (κ2) is 7.10. The molecule has 0 aliphatic heterocycles. The van der Waals surface area contributed by atoms with Crippen LogP contribution in [0.5, 0.6) is 5.75 Å². The van der Waals surface area contributed by atoms with Gasteiger partial charge in [0.15, 0.2) is 0 Å². The number of carbonyl (C=O) groups is 1. The number of halogens is 1. The third kappa shape index (κ3) is 4.38. The van der Waals surface area contributed by atoms with Crippen molar-refractivity contribution in [3.05, 3.63) is 64.1 Å². The van der Waals surface area contributed by atoms with E-state index in [0.717, 1.165) is 21.3 Å². The van der Waals surface area contributed by atoms with Crippen LogP contribution in [-0.2, 0) is 17.8 Å². The molecule has 2 aromatic carbocycles. The summed E-state index contributed by atoms with van der Waals surface area (Å²) in [7, 11) is 1.62. The summed E-state index contributed by atoms with van der Waals surface area (Å²) in [5.74, 6) is 0.804. The number of hydrogen-bond acceptors (Lipinski definition) is 2. The number of rotatable bonds is 5. The highest BCUT2D eigenvalue weighted by Gasteiger charge is 2.04. The van der Waals surface area contributed by atoms with Gasteiger partial charge in [-0.05, 0) is 35.4 Å². The summed E-state index contributed by atoms with van der Waals surface area (Å²) < 4.78 is 6.10. The van der Waals surface area contributed by atoms with Crippen molar-refractivity contribution in [2.45, 2.75) is 13.0 Å². The zero-order chi connectivity index (χ0) is 14.4. The largest absolute Gasteiger partial charge is 0.497 e. The van der Waals surface area contributed by atoms with Gasteiger partial charge < -0.3 is 10.1 Å². The second-order valence-electron chi connectivity index (χ2n) is 4.43. The Labute approximate surface area is 127 Å². The first kappa shape index (κ1) is 14.6. The summed E-state index contributed by atoms with van der Waals surface area (Å²) in [5, 5.41) is 2.91. The molecule has 2 rings (SSSR count). The molecule has 4 heteroatoms. The average molecular weight is 334 g/mol. The van der Waals surface area contributed by atoms with E-state index in [4.69, 9.17) is 4.74 Å². The highest BCUT2D eigenvalue weighted by Crippen LogP contribution is 2.13. The van der Waals surface area contributed by atoms with Gasteiger partial charge in [0, 0.05) is 11.0 Å². The zero-order valence-corrected chi connectivity index (χ0v) is 12.8. The Hall–Kier alpha value is -1.81. The van der Waals surface area contributed by atoms with E-state index in [2.05, 4.69) is 21.2 Å². The minimum atomic E-state index is 0.00939. The van der Waals surface area contributed by atoms with Crippen LogP contribution in [0.15, 0.2) is 53.0 Å². The second-order valence-corrected chi connectivity index (χ2v) is 5.35. The Morgan fingerprint density at radius 1 is 1.15 bits per heavy atom. The number of ether oxygens (including phenoxy) is 1. The van der Waals surface area contributed by atoms with E-state index < -0.39 is 0 Å². The fourth-order valence-electron chi connectivity index (χ4n) is 1.84. The summed E-state index contributed by atoms with van der Waals surface area (Å²) in [5.41, 5.74) is 2.04. The Kier molecular flexibility index (Phi) is 5.18. The molecule has 20 heavy (non-hydrogen) atoms. The lowest BCUT2D eigenvalue weighted by atomic mass is 10.1. The molecule has 0 saturated carbocycles. The highest BCUT2D eigenvalue weighted by molar-refractivity contribution is 9.10. The van der Waals surface area contributed by atoms with Crippen LogP contribution in [0.4, 0.5) is 0 Å². The summed E-state index contributed by atoms with van der Waals surface area (Å²) in [4.78, 5) is 11.9. The van der Waals surface area contributed by atoms with E-state index in [-0.39, 0.29) is 5.91 Å². The Balaban J connectivity index is 1.85. The first-order valence-electron chi connectivity index (χ1n) is 6.31. The number of nitrogens with one attached hydrogen (secondary N) is 1. The van der Waals surface area contributed by atoms with Crippen LogP contribution in [0.3, 0.4) is 0 Å². The average Bonchev–Trinajstić information content (AvgIpc) is 2.46. The van der Waals surface area contributed by atoms with Crippen LogP contribution in [0, 0.1) is 0 Å². The summed E-state index contributed by atoms with van der Waals surface area (Å²) in [6, 6.07) is 15.4. The maximum Gasteiger partial charge on any atom is 0.224 e. The molecule has 0 aromatic heterocycles. The Morgan fingerprint density at radius 2 is 1.90 bits per heavy atom. The van der Waals surface area contributed by atoms with Gasteiger partial charge >= 0.3 is 0 Å². The van der Waals surface area contributed by atoms with E-state index >= 15 is 0 Å². The fraction of sp³-hybridized carbons (Fsp3) is 0.188. The van der Waals surface area contributed by atoms with Gasteiger partial charge in [-0.15, -0.1) is 0 Å². The molecule has 0 atom stereocenters. The summed E-state index contributed by atoms with van der Waals surface area (Å²) in [6.45, 7) is 0.536. The lowest BCUT2D eigenvalue weighted by molar-refractivity contribution is -0.120. The SMILES string of the molecule is COc1ccc(CC(=O)NCc2cccc(Br)c2)cc1. The van der Waals surface area contributed by atoms with Crippen LogP contribution >= 0.6 is 15.9 Å². The van der Waals surface area contributed by atoms with Crippen molar-refractivity contribution in [3.63, 3.8) is 0 Å². The zero-order valence-electron chi connectivity index (χ0n) is 11.2. The molecule has 0 radical (unpaired) electrons. The Morgan fingerprint density at radius 3 is 2.55 bits per heavy atom. The molecule has 104 valence electrons. The predicted molar refractivity (Wildman–Crippen MR) is 82.7 cm³/mol. The van der Waals surface area contributed by atoms with E-state index in [1.54, 1.807) is 7.11 Å². The van der Waals surface area contributed by atoms with Crippen LogP contribution in [0.1, 0.15) is 11.1 Å². The van der Waals surface area contributed by atoms with Gasteiger partial charge in [0.2, 0.25) is 5.91 Å². The van der Waals surface area contributed by atoms with E-state index in [1.165, 1.54) is 0 Å². The highest BCUT2D eigenvalue weighted by atomic mass is 79.9. The predicted octanol–water partition coefficient (Wildman–Crippen LogP) is 3.32. The van der Waals surface area contributed by atoms with Crippen molar-refractivity contribution in [1.82, 2.24) is 5.32 Å². The van der Waals surface area contributed by atoms with Gasteiger partial charge in [-0.2, -0.15) is 0 Å². The first-order valence-corrected chi connectivity index (χ1v) is 7.11. The molecule has 0 spiro atoms. The van der Waals surface area contributed by atoms with E-state index in [1.807, 2.05) is 48.5 Å². The molecular weight excluding hydrogens is 318 g/mol. The van der Waals surface area contributed by atoms with Crippen LogP contribution in [0.2, 0.25) is 0 Å². The van der Waals surface area contributed by atoms with Crippen molar-refractivity contribution in [3.8, 4) is 5.75 Å². The third-order valence-corrected chi connectivity index (χ3v) is 3.40. The quantitative estimate of drug-likeness (QED) is 0.911. The van der Waals surface area contributed by atoms with Gasteiger partial charge in [-0.25, -0.2) is 0 Å². The van der Waals surface area contributed by atoms with Crippen molar-refractivity contribution in [2.75, 3.05) is 7.11 Å². The molecule has 2 aromatic rings. The number of hydrogen-bond donors (Lipinski definition) is 1. The summed E-state index contributed by atoms with van der Waals surface area (Å²) in [6.07, 6.45) is 0.373. The molecule has 0 unspecified atom stereocenters. The molecule has 0 aliphatic rings. The van der Waals surface area contributed by atoms with Crippen molar-refractivity contribution in [1.29, 1.82) is 0 Å². The maximum absolute atomic E-state index is 11.9. The van der Waals surface area contributed by atoms with Crippen molar-refractivity contribution >= 4 is 21.8 Å². The maximum atomic E-state index is 11.9. The minimum absolute atomic E-state index is 0.00939. The number of amides is 1. The molecule has 1 N–H and O–H groups in total. The van der Waals surface area contributed by atoms with E-state index in [9.17, 15) is 4.79 Å².